The van der Waals surface area contributed by atoms with Gasteiger partial charge in [-0.15, -0.1) is 17.8 Å². The van der Waals surface area contributed by atoms with Gasteiger partial charge >= 0.3 is 0 Å². The molecule has 0 aromatic carbocycles. The molecule has 23 heavy (non-hydrogen) atoms. The maximum Gasteiger partial charge on any atom is 0.131 e. The summed E-state index contributed by atoms with van der Waals surface area (Å²) in [6.45, 7) is 2.61. The molecular formula is C17H16ClN3OS. The zero-order chi connectivity index (χ0) is 16.4. The fourth-order valence-corrected chi connectivity index (χ4v) is 3.86. The number of nitrogens with zero attached hydrogens (tertiary/aromatic N) is 1. The summed E-state index contributed by atoms with van der Waals surface area (Å²) in [6, 6.07) is 5.31. The number of thiophene rings is 1. The van der Waals surface area contributed by atoms with Crippen molar-refractivity contribution in [1.82, 2.24) is 4.98 Å². The van der Waals surface area contributed by atoms with Gasteiger partial charge in [-0.05, 0) is 24.6 Å². The van der Waals surface area contributed by atoms with Crippen molar-refractivity contribution < 1.29 is 4.42 Å². The number of rotatable bonds is 5. The van der Waals surface area contributed by atoms with Gasteiger partial charge in [-0.1, -0.05) is 17.5 Å². The van der Waals surface area contributed by atoms with Gasteiger partial charge in [0.05, 0.1) is 34.8 Å². The first-order valence-electron chi connectivity index (χ1n) is 7.15. The van der Waals surface area contributed by atoms with Gasteiger partial charge < -0.3 is 15.5 Å². The molecule has 3 aromatic rings. The van der Waals surface area contributed by atoms with Crippen LogP contribution in [0.4, 0.5) is 5.69 Å². The van der Waals surface area contributed by atoms with Gasteiger partial charge in [0, 0.05) is 17.4 Å². The molecule has 0 saturated heterocycles. The van der Waals surface area contributed by atoms with Crippen LogP contribution in [-0.4, -0.2) is 11.0 Å². The van der Waals surface area contributed by atoms with Crippen LogP contribution in [0.15, 0.2) is 28.9 Å². The van der Waals surface area contributed by atoms with E-state index in [4.69, 9.17) is 28.2 Å². The van der Waals surface area contributed by atoms with Crippen LogP contribution in [0, 0.1) is 19.3 Å². The van der Waals surface area contributed by atoms with Crippen LogP contribution < -0.4 is 11.1 Å². The summed E-state index contributed by atoms with van der Waals surface area (Å²) < 4.78 is 6.40. The van der Waals surface area contributed by atoms with Gasteiger partial charge in [0.25, 0.3) is 0 Å². The molecule has 4 nitrogen and oxygen atoms in total. The first-order valence-corrected chi connectivity index (χ1v) is 8.34. The predicted octanol–water partition coefficient (Wildman–Crippen LogP) is 3.97. The fraction of sp³-hybridized carbons (Fsp3) is 0.235. The normalized spacial score (nSPS) is 12.3. The quantitative estimate of drug-likeness (QED) is 0.542. The van der Waals surface area contributed by atoms with Crippen molar-refractivity contribution in [2.75, 3.05) is 5.32 Å². The molecule has 0 spiro atoms. The number of fused-ring (bicyclic) bond motifs is 1. The number of aryl methyl sites for hydroxylation is 1. The standard InChI is InChI=1S/C17H16ClN3OS/c1-3-11(19)7-14-10(2)16-17(23-14)13(8-15(18)21-16)20-9-12-5-4-6-22-12/h1,4-6,8,11H,7,9,19H2,2H3,(H,20,21)/t11-/m1/s1. The Morgan fingerprint density at radius 2 is 2.39 bits per heavy atom. The molecule has 0 aliphatic rings. The molecule has 1 atom stereocenters. The zero-order valence-corrected chi connectivity index (χ0v) is 14.2. The summed E-state index contributed by atoms with van der Waals surface area (Å²) in [5.41, 5.74) is 8.79. The smallest absolute Gasteiger partial charge is 0.131 e. The maximum atomic E-state index is 6.17. The third-order valence-electron chi connectivity index (χ3n) is 3.59. The number of nitrogens with two attached hydrogens (primary N) is 1. The second-order valence-corrected chi connectivity index (χ2v) is 6.72. The monoisotopic (exact) mass is 345 g/mol. The number of terminal acetylenes is 1. The highest BCUT2D eigenvalue weighted by atomic mass is 35.5. The van der Waals surface area contributed by atoms with Gasteiger partial charge in [-0.25, -0.2) is 4.98 Å². The van der Waals surface area contributed by atoms with E-state index in [1.807, 2.05) is 25.1 Å². The van der Waals surface area contributed by atoms with Gasteiger partial charge in [0.2, 0.25) is 0 Å². The first kappa shape index (κ1) is 15.9. The van der Waals surface area contributed by atoms with Crippen LogP contribution in [-0.2, 0) is 13.0 Å². The minimum atomic E-state index is -0.295. The number of nitrogens with one attached hydrogen (secondary N) is 1. The molecule has 0 saturated carbocycles. The molecule has 0 unspecified atom stereocenters. The number of pyridine rings is 1. The molecule has 0 fully saturated rings. The van der Waals surface area contributed by atoms with Crippen molar-refractivity contribution in [3.63, 3.8) is 0 Å². The van der Waals surface area contributed by atoms with Crippen molar-refractivity contribution in [2.24, 2.45) is 5.73 Å². The van der Waals surface area contributed by atoms with E-state index in [1.54, 1.807) is 17.6 Å². The van der Waals surface area contributed by atoms with Crippen LogP contribution in [0.3, 0.4) is 0 Å². The van der Waals surface area contributed by atoms with E-state index in [0.29, 0.717) is 18.1 Å². The average molecular weight is 346 g/mol. The molecule has 0 aliphatic heterocycles. The molecule has 118 valence electrons. The Bertz CT molecular complexity index is 864. The third-order valence-corrected chi connectivity index (χ3v) is 5.12. The molecule has 0 amide bonds. The average Bonchev–Trinajstić information content (AvgIpc) is 3.15. The van der Waals surface area contributed by atoms with E-state index in [9.17, 15) is 0 Å². The number of anilines is 1. The van der Waals surface area contributed by atoms with Crippen molar-refractivity contribution in [3.05, 3.63) is 45.8 Å². The number of hydrogen-bond acceptors (Lipinski definition) is 5. The van der Waals surface area contributed by atoms with Crippen LogP contribution in [0.2, 0.25) is 5.15 Å². The van der Waals surface area contributed by atoms with Gasteiger partial charge in [0.1, 0.15) is 10.9 Å². The zero-order valence-electron chi connectivity index (χ0n) is 12.6. The summed E-state index contributed by atoms with van der Waals surface area (Å²) in [4.78, 5) is 5.59. The minimum Gasteiger partial charge on any atom is -0.467 e. The summed E-state index contributed by atoms with van der Waals surface area (Å²) >= 11 is 7.82. The molecule has 0 radical (unpaired) electrons. The number of aromatic nitrogens is 1. The Morgan fingerprint density at radius 3 is 3.09 bits per heavy atom. The van der Waals surface area contributed by atoms with Gasteiger partial charge in [-0.3, -0.25) is 0 Å². The predicted molar refractivity (Wildman–Crippen MR) is 95.9 cm³/mol. The van der Waals surface area contributed by atoms with Gasteiger partial charge in [-0.2, -0.15) is 0 Å². The minimum absolute atomic E-state index is 0.295. The lowest BCUT2D eigenvalue weighted by molar-refractivity contribution is 0.518. The molecule has 6 heteroatoms. The highest BCUT2D eigenvalue weighted by Gasteiger charge is 2.16. The summed E-state index contributed by atoms with van der Waals surface area (Å²) in [5.74, 6) is 3.42. The topological polar surface area (TPSA) is 64.1 Å². The summed E-state index contributed by atoms with van der Waals surface area (Å²) in [5, 5.41) is 3.81. The van der Waals surface area contributed by atoms with E-state index < -0.39 is 0 Å². The van der Waals surface area contributed by atoms with Crippen molar-refractivity contribution in [1.29, 1.82) is 0 Å². The third kappa shape index (κ3) is 3.35. The Hall–Kier alpha value is -2.00. The molecule has 3 heterocycles. The number of furan rings is 1. The number of halogens is 1. The highest BCUT2D eigenvalue weighted by molar-refractivity contribution is 7.19. The van der Waals surface area contributed by atoms with Crippen molar-refractivity contribution in [3.8, 4) is 12.3 Å². The molecule has 3 rings (SSSR count). The first-order chi connectivity index (χ1) is 11.1. The van der Waals surface area contributed by atoms with E-state index >= 15 is 0 Å². The Morgan fingerprint density at radius 1 is 1.57 bits per heavy atom. The van der Waals surface area contributed by atoms with Crippen LogP contribution in [0.1, 0.15) is 16.2 Å². The molecule has 0 bridgehead atoms. The van der Waals surface area contributed by atoms with E-state index in [2.05, 4.69) is 16.2 Å². The molecular weight excluding hydrogens is 330 g/mol. The molecule has 0 aliphatic carbocycles. The van der Waals surface area contributed by atoms with Crippen LogP contribution in [0.5, 0.6) is 0 Å². The molecule has 3 N–H and O–H groups in total. The Labute approximate surface area is 143 Å². The second kappa shape index (κ2) is 6.63. The number of hydrogen-bond donors (Lipinski definition) is 2. The van der Waals surface area contributed by atoms with Crippen molar-refractivity contribution in [2.45, 2.75) is 25.9 Å². The lowest BCUT2D eigenvalue weighted by Gasteiger charge is -2.06. The lowest BCUT2D eigenvalue weighted by atomic mass is 10.1. The van der Waals surface area contributed by atoms with E-state index in [-0.39, 0.29) is 6.04 Å². The molecule has 3 aromatic heterocycles. The highest BCUT2D eigenvalue weighted by Crippen LogP contribution is 2.37. The van der Waals surface area contributed by atoms with Crippen molar-refractivity contribution >= 4 is 38.8 Å². The Balaban J connectivity index is 1.97. The lowest BCUT2D eigenvalue weighted by Crippen LogP contribution is -2.19. The van der Waals surface area contributed by atoms with E-state index in [1.165, 1.54) is 0 Å². The van der Waals surface area contributed by atoms with Crippen LogP contribution in [0.25, 0.3) is 10.2 Å². The largest absolute Gasteiger partial charge is 0.467 e. The summed E-state index contributed by atoms with van der Waals surface area (Å²) in [7, 11) is 0. The fourth-order valence-electron chi connectivity index (χ4n) is 2.37. The maximum absolute atomic E-state index is 6.17. The van der Waals surface area contributed by atoms with E-state index in [0.717, 1.165) is 32.1 Å². The Kier molecular flexibility index (Phi) is 4.58. The van der Waals surface area contributed by atoms with Crippen LogP contribution >= 0.6 is 22.9 Å². The van der Waals surface area contributed by atoms with Gasteiger partial charge in [0.15, 0.2) is 0 Å². The summed E-state index contributed by atoms with van der Waals surface area (Å²) in [6.07, 6.45) is 7.68. The second-order valence-electron chi connectivity index (χ2n) is 5.23. The SMILES string of the molecule is C#C[C@@H](N)Cc1sc2c(NCc3ccco3)cc(Cl)nc2c1C.